The quantitative estimate of drug-likeness (QED) is 0.391. The molecule has 0 saturated carbocycles. The zero-order valence-electron chi connectivity index (χ0n) is 9.77. The molecule has 0 aromatic heterocycles. The van der Waals surface area contributed by atoms with Crippen LogP contribution in [0.3, 0.4) is 0 Å². The van der Waals surface area contributed by atoms with Gasteiger partial charge in [-0.2, -0.15) is 0 Å². The summed E-state index contributed by atoms with van der Waals surface area (Å²) in [6.07, 6.45) is -0.696. The van der Waals surface area contributed by atoms with Gasteiger partial charge in [0, 0.05) is 25.9 Å². The van der Waals surface area contributed by atoms with Crippen LogP contribution < -0.4 is 10.6 Å². The fraction of sp³-hybridized carbons (Fsp3) is 0.600. The molecule has 0 aliphatic heterocycles. The maximum atomic E-state index is 11.0. The van der Waals surface area contributed by atoms with E-state index in [1.54, 1.807) is 0 Å². The Bertz CT molecular complexity index is 296. The van der Waals surface area contributed by atoms with E-state index in [0.29, 0.717) is 0 Å². The van der Waals surface area contributed by atoms with Crippen molar-refractivity contribution in [3.05, 3.63) is 0 Å². The first-order valence-corrected chi connectivity index (χ1v) is 5.39. The Morgan fingerprint density at radius 3 is 1.28 bits per heavy atom. The normalized spacial score (nSPS) is 9.56. The average Bonchev–Trinajstić information content (AvgIpc) is 2.29. The van der Waals surface area contributed by atoms with Crippen LogP contribution in [0.25, 0.3) is 0 Å². The van der Waals surface area contributed by atoms with Gasteiger partial charge >= 0.3 is 11.9 Å². The maximum Gasteiger partial charge on any atom is 0.303 e. The third kappa shape index (κ3) is 10.4. The van der Waals surface area contributed by atoms with Crippen LogP contribution in [0, 0.1) is 0 Å². The summed E-state index contributed by atoms with van der Waals surface area (Å²) in [5, 5.41) is 21.5. The number of carbonyl (C=O) groups excluding carboxylic acids is 2. The second-order valence-electron chi connectivity index (χ2n) is 3.49. The fourth-order valence-corrected chi connectivity index (χ4v) is 1.02. The summed E-state index contributed by atoms with van der Waals surface area (Å²) in [6.45, 7) is 0.356. The highest BCUT2D eigenvalue weighted by atomic mass is 16.4. The summed E-state index contributed by atoms with van der Waals surface area (Å²) in [7, 11) is 0. The Labute approximate surface area is 103 Å². The second kappa shape index (κ2) is 8.97. The van der Waals surface area contributed by atoms with Gasteiger partial charge in [-0.25, -0.2) is 0 Å². The second-order valence-corrected chi connectivity index (χ2v) is 3.49. The van der Waals surface area contributed by atoms with Crippen molar-refractivity contribution in [2.45, 2.75) is 25.7 Å². The van der Waals surface area contributed by atoms with Crippen LogP contribution in [-0.4, -0.2) is 47.1 Å². The number of rotatable bonds is 9. The molecule has 0 aromatic rings. The van der Waals surface area contributed by atoms with Gasteiger partial charge in [-0.1, -0.05) is 0 Å². The molecular weight excluding hydrogens is 244 g/mol. The van der Waals surface area contributed by atoms with Crippen molar-refractivity contribution in [2.24, 2.45) is 0 Å². The predicted octanol–water partition coefficient (Wildman–Crippen LogP) is -1.05. The fourth-order valence-electron chi connectivity index (χ4n) is 1.02. The number of carbonyl (C=O) groups is 4. The zero-order chi connectivity index (χ0) is 14.0. The number of nitrogens with one attached hydrogen (secondary N) is 2. The molecule has 18 heavy (non-hydrogen) atoms. The van der Waals surface area contributed by atoms with Crippen LogP contribution in [0.2, 0.25) is 0 Å². The number of aliphatic carboxylic acids is 2. The van der Waals surface area contributed by atoms with Crippen molar-refractivity contribution in [1.82, 2.24) is 10.6 Å². The van der Waals surface area contributed by atoms with E-state index in [2.05, 4.69) is 10.6 Å². The topological polar surface area (TPSA) is 133 Å². The van der Waals surface area contributed by atoms with Crippen LogP contribution >= 0.6 is 0 Å². The van der Waals surface area contributed by atoms with E-state index in [9.17, 15) is 19.2 Å². The SMILES string of the molecule is O=C(O)CCC(=O)NCCNC(=O)CCC(=O)O. The summed E-state index contributed by atoms with van der Waals surface area (Å²) >= 11 is 0. The first-order valence-electron chi connectivity index (χ1n) is 5.39. The van der Waals surface area contributed by atoms with Gasteiger partial charge < -0.3 is 20.8 Å². The third-order valence-electron chi connectivity index (χ3n) is 1.90. The first kappa shape index (κ1) is 15.9. The van der Waals surface area contributed by atoms with Crippen LogP contribution in [-0.2, 0) is 19.2 Å². The summed E-state index contributed by atoms with van der Waals surface area (Å²) < 4.78 is 0. The van der Waals surface area contributed by atoms with Crippen LogP contribution in [0.5, 0.6) is 0 Å². The molecular formula is C10H16N2O6. The molecule has 0 fully saturated rings. The standard InChI is InChI=1S/C10H16N2O6/c13-7(1-3-9(15)16)11-5-6-12-8(14)2-4-10(17)18/h1-6H2,(H,11,13)(H,12,14)(H,15,16)(H,17,18). The van der Waals surface area contributed by atoms with E-state index in [1.165, 1.54) is 0 Å². The Morgan fingerprint density at radius 1 is 0.667 bits per heavy atom. The van der Waals surface area contributed by atoms with Gasteiger partial charge in [-0.3, -0.25) is 19.2 Å². The Morgan fingerprint density at radius 2 is 1.00 bits per heavy atom. The van der Waals surface area contributed by atoms with Crippen molar-refractivity contribution in [2.75, 3.05) is 13.1 Å². The van der Waals surface area contributed by atoms with E-state index >= 15 is 0 Å². The van der Waals surface area contributed by atoms with E-state index in [0.717, 1.165) is 0 Å². The predicted molar refractivity (Wildman–Crippen MR) is 59.8 cm³/mol. The molecule has 8 nitrogen and oxygen atoms in total. The molecule has 0 aliphatic carbocycles. The third-order valence-corrected chi connectivity index (χ3v) is 1.90. The van der Waals surface area contributed by atoms with Crippen LogP contribution in [0.1, 0.15) is 25.7 Å². The molecule has 0 bridgehead atoms. The monoisotopic (exact) mass is 260 g/mol. The van der Waals surface area contributed by atoms with Gasteiger partial charge in [0.05, 0.1) is 12.8 Å². The van der Waals surface area contributed by atoms with Crippen molar-refractivity contribution < 1.29 is 29.4 Å². The molecule has 0 spiro atoms. The van der Waals surface area contributed by atoms with Crippen molar-refractivity contribution in [3.63, 3.8) is 0 Å². The van der Waals surface area contributed by atoms with Crippen molar-refractivity contribution >= 4 is 23.8 Å². The zero-order valence-corrected chi connectivity index (χ0v) is 9.77. The van der Waals surface area contributed by atoms with Gasteiger partial charge in [0.2, 0.25) is 11.8 Å². The average molecular weight is 260 g/mol. The van der Waals surface area contributed by atoms with Gasteiger partial charge in [0.15, 0.2) is 0 Å². The molecule has 0 rings (SSSR count). The van der Waals surface area contributed by atoms with E-state index < -0.39 is 23.8 Å². The highest BCUT2D eigenvalue weighted by molar-refractivity contribution is 5.81. The Hall–Kier alpha value is -2.12. The van der Waals surface area contributed by atoms with E-state index in [-0.39, 0.29) is 38.8 Å². The summed E-state index contributed by atoms with van der Waals surface area (Å²) in [4.78, 5) is 42.4. The van der Waals surface area contributed by atoms with Crippen LogP contribution in [0.4, 0.5) is 0 Å². The highest BCUT2D eigenvalue weighted by Gasteiger charge is 2.06. The minimum absolute atomic E-state index is 0.109. The number of amides is 2. The van der Waals surface area contributed by atoms with E-state index in [1.807, 2.05) is 0 Å². The van der Waals surface area contributed by atoms with Crippen molar-refractivity contribution in [1.29, 1.82) is 0 Å². The molecule has 8 heteroatoms. The maximum absolute atomic E-state index is 11.0. The van der Waals surface area contributed by atoms with Crippen LogP contribution in [0.15, 0.2) is 0 Å². The van der Waals surface area contributed by atoms with Gasteiger partial charge in [0.1, 0.15) is 0 Å². The number of carboxylic acids is 2. The molecule has 0 unspecified atom stereocenters. The molecule has 4 N–H and O–H groups in total. The van der Waals surface area contributed by atoms with E-state index in [4.69, 9.17) is 10.2 Å². The lowest BCUT2D eigenvalue weighted by Crippen LogP contribution is -2.34. The molecule has 0 aromatic carbocycles. The summed E-state index contributed by atoms with van der Waals surface area (Å²) in [5.41, 5.74) is 0. The summed E-state index contributed by atoms with van der Waals surface area (Å²) in [5.74, 6) is -2.91. The Balaban J connectivity index is 3.49. The van der Waals surface area contributed by atoms with Gasteiger partial charge in [-0.05, 0) is 0 Å². The lowest BCUT2D eigenvalue weighted by Gasteiger charge is -2.05. The largest absolute Gasteiger partial charge is 0.481 e. The minimum atomic E-state index is -1.05. The molecule has 102 valence electrons. The minimum Gasteiger partial charge on any atom is -0.481 e. The molecule has 2 amide bonds. The molecule has 0 heterocycles. The number of hydrogen-bond donors (Lipinski definition) is 4. The summed E-state index contributed by atoms with van der Waals surface area (Å²) in [6, 6.07) is 0. The van der Waals surface area contributed by atoms with Crippen molar-refractivity contribution in [3.8, 4) is 0 Å². The smallest absolute Gasteiger partial charge is 0.303 e. The number of carboxylic acid groups (broad SMARTS) is 2. The van der Waals surface area contributed by atoms with Gasteiger partial charge in [0.25, 0.3) is 0 Å². The molecule has 0 atom stereocenters. The lowest BCUT2D eigenvalue weighted by molar-refractivity contribution is -0.139. The molecule has 0 aliphatic rings. The van der Waals surface area contributed by atoms with Gasteiger partial charge in [-0.15, -0.1) is 0 Å². The first-order chi connectivity index (χ1) is 8.41. The Kier molecular flexibility index (Phi) is 7.91. The lowest BCUT2D eigenvalue weighted by atomic mass is 10.3. The number of hydrogen-bond acceptors (Lipinski definition) is 4. The molecule has 0 radical (unpaired) electrons. The molecule has 0 saturated heterocycles. The highest BCUT2D eigenvalue weighted by Crippen LogP contribution is 1.89.